The Bertz CT molecular complexity index is 643. The van der Waals surface area contributed by atoms with Gasteiger partial charge < -0.3 is 5.32 Å². The first-order chi connectivity index (χ1) is 11.3. The summed E-state index contributed by atoms with van der Waals surface area (Å²) < 4.78 is 25.6. The fourth-order valence-electron chi connectivity index (χ4n) is 3.16. The Balaban J connectivity index is 2.07. The number of rotatable bonds is 6. The first kappa shape index (κ1) is 18.9. The van der Waals surface area contributed by atoms with Crippen LogP contribution >= 0.6 is 0 Å². The lowest BCUT2D eigenvalue weighted by Crippen LogP contribution is -2.46. The lowest BCUT2D eigenvalue weighted by molar-refractivity contribution is -0.127. The van der Waals surface area contributed by atoms with E-state index in [1.807, 2.05) is 30.3 Å². The zero-order valence-corrected chi connectivity index (χ0v) is 15.6. The van der Waals surface area contributed by atoms with E-state index in [-0.39, 0.29) is 29.5 Å². The molecule has 5 nitrogen and oxygen atoms in total. The highest BCUT2D eigenvalue weighted by atomic mass is 32.2. The first-order valence-electron chi connectivity index (χ1n) is 8.68. The SMILES string of the molecule is CCS(=O)(=O)N1CCC[C@H](C(=O)N[C@@H](c2ccccc2)C(C)C)C1. The van der Waals surface area contributed by atoms with Gasteiger partial charge in [0.1, 0.15) is 0 Å². The minimum Gasteiger partial charge on any atom is -0.349 e. The van der Waals surface area contributed by atoms with Crippen LogP contribution in [-0.4, -0.2) is 37.5 Å². The van der Waals surface area contributed by atoms with Crippen molar-refractivity contribution in [3.05, 3.63) is 35.9 Å². The van der Waals surface area contributed by atoms with Crippen molar-refractivity contribution in [3.63, 3.8) is 0 Å². The summed E-state index contributed by atoms with van der Waals surface area (Å²) in [6.07, 6.45) is 1.47. The third kappa shape index (κ3) is 4.57. The number of piperidine rings is 1. The van der Waals surface area contributed by atoms with Crippen molar-refractivity contribution in [1.29, 1.82) is 0 Å². The largest absolute Gasteiger partial charge is 0.349 e. The molecule has 2 atom stereocenters. The van der Waals surface area contributed by atoms with Gasteiger partial charge in [-0.05, 0) is 31.2 Å². The standard InChI is InChI=1S/C18H28N2O3S/c1-4-24(22,23)20-12-8-11-16(13-20)18(21)19-17(14(2)3)15-9-6-5-7-10-15/h5-7,9-10,14,16-17H,4,8,11-13H2,1-3H3,(H,19,21)/t16-,17+/m0/s1. The van der Waals surface area contributed by atoms with Gasteiger partial charge in [0.2, 0.25) is 15.9 Å². The molecule has 1 aromatic carbocycles. The van der Waals surface area contributed by atoms with Crippen molar-refractivity contribution in [2.75, 3.05) is 18.8 Å². The van der Waals surface area contributed by atoms with Gasteiger partial charge >= 0.3 is 0 Å². The molecule has 1 heterocycles. The molecule has 0 aliphatic carbocycles. The highest BCUT2D eigenvalue weighted by Crippen LogP contribution is 2.24. The van der Waals surface area contributed by atoms with Crippen molar-refractivity contribution in [3.8, 4) is 0 Å². The van der Waals surface area contributed by atoms with Gasteiger partial charge in [-0.25, -0.2) is 12.7 Å². The molecule has 24 heavy (non-hydrogen) atoms. The van der Waals surface area contributed by atoms with Crippen LogP contribution < -0.4 is 5.32 Å². The van der Waals surface area contributed by atoms with Crippen molar-refractivity contribution in [2.45, 2.75) is 39.7 Å². The highest BCUT2D eigenvalue weighted by Gasteiger charge is 2.32. The van der Waals surface area contributed by atoms with E-state index in [9.17, 15) is 13.2 Å². The van der Waals surface area contributed by atoms with Crippen molar-refractivity contribution in [1.82, 2.24) is 9.62 Å². The zero-order valence-electron chi connectivity index (χ0n) is 14.7. The molecule has 1 aromatic rings. The van der Waals surface area contributed by atoms with Gasteiger partial charge in [-0.3, -0.25) is 4.79 Å². The molecule has 1 saturated heterocycles. The molecule has 6 heteroatoms. The van der Waals surface area contributed by atoms with Gasteiger partial charge in [-0.15, -0.1) is 0 Å². The Morgan fingerprint density at radius 1 is 1.29 bits per heavy atom. The van der Waals surface area contributed by atoms with E-state index in [2.05, 4.69) is 19.2 Å². The number of carbonyl (C=O) groups is 1. The summed E-state index contributed by atoms with van der Waals surface area (Å²) in [7, 11) is -3.23. The predicted octanol–water partition coefficient (Wildman–Crippen LogP) is 2.56. The van der Waals surface area contributed by atoms with Gasteiger partial charge in [0.05, 0.1) is 17.7 Å². The maximum absolute atomic E-state index is 12.7. The molecule has 1 aliphatic heterocycles. The van der Waals surface area contributed by atoms with E-state index in [0.29, 0.717) is 13.1 Å². The first-order valence-corrected chi connectivity index (χ1v) is 10.3. The monoisotopic (exact) mass is 352 g/mol. The average molecular weight is 353 g/mol. The van der Waals surface area contributed by atoms with Gasteiger partial charge in [-0.2, -0.15) is 0 Å². The molecular formula is C18H28N2O3S. The number of hydrogen-bond acceptors (Lipinski definition) is 3. The van der Waals surface area contributed by atoms with E-state index < -0.39 is 10.0 Å². The quantitative estimate of drug-likeness (QED) is 0.856. The van der Waals surface area contributed by atoms with Crippen LogP contribution in [0, 0.1) is 11.8 Å². The van der Waals surface area contributed by atoms with Crippen molar-refractivity contribution < 1.29 is 13.2 Å². The topological polar surface area (TPSA) is 66.5 Å². The van der Waals surface area contributed by atoms with Gasteiger partial charge in [-0.1, -0.05) is 44.2 Å². The Labute approximate surface area is 145 Å². The second-order valence-corrected chi connectivity index (χ2v) is 9.00. The molecule has 0 bridgehead atoms. The van der Waals surface area contributed by atoms with Gasteiger partial charge in [0.25, 0.3) is 0 Å². The number of nitrogens with zero attached hydrogens (tertiary/aromatic N) is 1. The summed E-state index contributed by atoms with van der Waals surface area (Å²) in [6, 6.07) is 9.85. The molecule has 1 amide bonds. The van der Waals surface area contributed by atoms with Crippen molar-refractivity contribution >= 4 is 15.9 Å². The highest BCUT2D eigenvalue weighted by molar-refractivity contribution is 7.89. The fraction of sp³-hybridized carbons (Fsp3) is 0.611. The lowest BCUT2D eigenvalue weighted by Gasteiger charge is -2.32. The maximum Gasteiger partial charge on any atom is 0.224 e. The Hall–Kier alpha value is -1.40. The molecule has 0 unspecified atom stereocenters. The third-order valence-electron chi connectivity index (χ3n) is 4.64. The molecule has 2 rings (SSSR count). The van der Waals surface area contributed by atoms with E-state index in [1.54, 1.807) is 6.92 Å². The van der Waals surface area contributed by atoms with Crippen LogP contribution in [0.2, 0.25) is 0 Å². The summed E-state index contributed by atoms with van der Waals surface area (Å²) in [6.45, 7) is 6.61. The molecule has 1 aliphatic rings. The summed E-state index contributed by atoms with van der Waals surface area (Å²) in [5.74, 6) is 0.0222. The molecule has 1 fully saturated rings. The van der Waals surface area contributed by atoms with Crippen LogP contribution in [0.25, 0.3) is 0 Å². The summed E-state index contributed by atoms with van der Waals surface area (Å²) in [4.78, 5) is 12.7. The number of benzene rings is 1. The Morgan fingerprint density at radius 3 is 2.54 bits per heavy atom. The van der Waals surface area contributed by atoms with E-state index in [4.69, 9.17) is 0 Å². The number of hydrogen-bond donors (Lipinski definition) is 1. The van der Waals surface area contributed by atoms with E-state index in [0.717, 1.165) is 18.4 Å². The van der Waals surface area contributed by atoms with Crippen LogP contribution in [0.3, 0.4) is 0 Å². The normalized spacial score (nSPS) is 20.8. The zero-order chi connectivity index (χ0) is 17.7. The average Bonchev–Trinajstić information content (AvgIpc) is 2.60. The second kappa shape index (κ2) is 8.12. The number of amides is 1. The van der Waals surface area contributed by atoms with Crippen LogP contribution in [0.4, 0.5) is 0 Å². The van der Waals surface area contributed by atoms with E-state index in [1.165, 1.54) is 4.31 Å². The predicted molar refractivity (Wildman–Crippen MR) is 95.9 cm³/mol. The van der Waals surface area contributed by atoms with Crippen LogP contribution in [0.1, 0.15) is 45.2 Å². The second-order valence-electron chi connectivity index (χ2n) is 6.74. The van der Waals surface area contributed by atoms with Crippen LogP contribution in [0.5, 0.6) is 0 Å². The van der Waals surface area contributed by atoms with E-state index >= 15 is 0 Å². The maximum atomic E-state index is 12.7. The number of carbonyl (C=O) groups excluding carboxylic acids is 1. The smallest absolute Gasteiger partial charge is 0.224 e. The fourth-order valence-corrected chi connectivity index (χ4v) is 4.34. The minimum atomic E-state index is -3.23. The van der Waals surface area contributed by atoms with Crippen LogP contribution in [-0.2, 0) is 14.8 Å². The molecule has 0 saturated carbocycles. The molecule has 0 radical (unpaired) electrons. The summed E-state index contributed by atoms with van der Waals surface area (Å²) in [5.41, 5.74) is 1.08. The number of nitrogens with one attached hydrogen (secondary N) is 1. The minimum absolute atomic E-state index is 0.0476. The Morgan fingerprint density at radius 2 is 1.96 bits per heavy atom. The van der Waals surface area contributed by atoms with Gasteiger partial charge in [0.15, 0.2) is 0 Å². The molecule has 134 valence electrons. The Kier molecular flexibility index (Phi) is 6.40. The van der Waals surface area contributed by atoms with Gasteiger partial charge in [0, 0.05) is 13.1 Å². The third-order valence-corrected chi connectivity index (χ3v) is 6.48. The molecule has 0 aromatic heterocycles. The van der Waals surface area contributed by atoms with Crippen LogP contribution in [0.15, 0.2) is 30.3 Å². The molecule has 1 N–H and O–H groups in total. The van der Waals surface area contributed by atoms with Crippen molar-refractivity contribution in [2.24, 2.45) is 11.8 Å². The summed E-state index contributed by atoms with van der Waals surface area (Å²) in [5, 5.41) is 3.13. The lowest BCUT2D eigenvalue weighted by atomic mass is 9.93. The summed E-state index contributed by atoms with van der Waals surface area (Å²) >= 11 is 0. The molecular weight excluding hydrogens is 324 g/mol. The number of sulfonamides is 1. The molecule has 0 spiro atoms.